The van der Waals surface area contributed by atoms with E-state index in [1.165, 1.54) is 4.40 Å². The minimum Gasteiger partial charge on any atom is -0.858 e. The van der Waals surface area contributed by atoms with E-state index >= 15 is 0 Å². The molecule has 2 aromatic heterocycles. The molecule has 4 nitrogen and oxygen atoms in total. The Hall–Kier alpha value is -2.62. The van der Waals surface area contributed by atoms with Gasteiger partial charge in [-0.15, -0.1) is 0 Å². The minimum absolute atomic E-state index is 0.110. The van der Waals surface area contributed by atoms with Crippen molar-refractivity contribution in [2.24, 2.45) is 0 Å². The Kier molecular flexibility index (Phi) is 2.34. The summed E-state index contributed by atoms with van der Waals surface area (Å²) in [7, 11) is 0. The first-order chi connectivity index (χ1) is 8.77. The number of nitrogens with zero attached hydrogens (tertiary/aromatic N) is 2. The fraction of sp³-hybridized carbons (Fsp3) is 0. The summed E-state index contributed by atoms with van der Waals surface area (Å²) in [6.07, 6.45) is 1.61. The van der Waals surface area contributed by atoms with Crippen molar-refractivity contribution in [3.63, 3.8) is 0 Å². The van der Waals surface area contributed by atoms with Gasteiger partial charge in [-0.05, 0) is 17.7 Å². The lowest BCUT2D eigenvalue weighted by molar-refractivity contribution is -0.273. The standard InChI is InChI=1S/C14H10N2O2/c17-13-12(10-6-2-1-3-7-10)14(18)16-9-5-4-8-11(16)15-13/h1-9,17H/p-1. The highest BCUT2D eigenvalue weighted by atomic mass is 16.3. The van der Waals surface area contributed by atoms with Crippen molar-refractivity contribution in [1.29, 1.82) is 0 Å². The van der Waals surface area contributed by atoms with Crippen molar-refractivity contribution in [2.45, 2.75) is 0 Å². The van der Waals surface area contributed by atoms with Gasteiger partial charge in [0.05, 0.1) is 5.56 Å². The zero-order chi connectivity index (χ0) is 12.5. The number of rotatable bonds is 1. The third-order valence-corrected chi connectivity index (χ3v) is 2.76. The molecule has 0 atom stereocenters. The first-order valence-corrected chi connectivity index (χ1v) is 5.51. The summed E-state index contributed by atoms with van der Waals surface area (Å²) in [5.41, 5.74) is 0.738. The van der Waals surface area contributed by atoms with Crippen LogP contribution in [-0.2, 0) is 0 Å². The maximum Gasteiger partial charge on any atom is 0.265 e. The SMILES string of the molecule is O=c1c(-c2ccccc2)c([O-])nc2ccccn12. The quantitative estimate of drug-likeness (QED) is 0.643. The number of fused-ring (bicyclic) bond motifs is 1. The van der Waals surface area contributed by atoms with Crippen LogP contribution in [0.25, 0.3) is 16.8 Å². The number of aromatic nitrogens is 2. The first kappa shape index (κ1) is 10.5. The molecule has 0 radical (unpaired) electrons. The average Bonchev–Trinajstić information content (AvgIpc) is 2.40. The number of hydrogen-bond acceptors (Lipinski definition) is 3. The highest BCUT2D eigenvalue weighted by Crippen LogP contribution is 2.21. The number of pyridine rings is 1. The lowest BCUT2D eigenvalue weighted by Crippen LogP contribution is -2.19. The fourth-order valence-electron chi connectivity index (χ4n) is 1.92. The predicted octanol–water partition coefficient (Wildman–Crippen LogP) is 1.44. The molecule has 0 saturated heterocycles. The molecule has 0 amide bonds. The van der Waals surface area contributed by atoms with Gasteiger partial charge in [0, 0.05) is 12.1 Å². The highest BCUT2D eigenvalue weighted by molar-refractivity contribution is 5.68. The topological polar surface area (TPSA) is 57.4 Å². The Balaban J connectivity index is 2.41. The molecule has 0 N–H and O–H groups in total. The molecule has 88 valence electrons. The Morgan fingerprint density at radius 2 is 1.72 bits per heavy atom. The molecule has 3 aromatic rings. The highest BCUT2D eigenvalue weighted by Gasteiger charge is 2.08. The Morgan fingerprint density at radius 3 is 2.50 bits per heavy atom. The maximum absolute atomic E-state index is 12.3. The molecule has 2 heterocycles. The van der Waals surface area contributed by atoms with Crippen LogP contribution in [0.3, 0.4) is 0 Å². The van der Waals surface area contributed by atoms with Crippen molar-refractivity contribution < 1.29 is 5.11 Å². The van der Waals surface area contributed by atoms with E-state index in [0.29, 0.717) is 11.2 Å². The first-order valence-electron chi connectivity index (χ1n) is 5.51. The van der Waals surface area contributed by atoms with E-state index in [1.54, 1.807) is 48.7 Å². The molecule has 0 fully saturated rings. The molecular formula is C14H9N2O2-. The monoisotopic (exact) mass is 237 g/mol. The second-order valence-electron chi connectivity index (χ2n) is 3.89. The van der Waals surface area contributed by atoms with Crippen molar-refractivity contribution >= 4 is 5.65 Å². The third kappa shape index (κ3) is 1.55. The predicted molar refractivity (Wildman–Crippen MR) is 66.3 cm³/mol. The lowest BCUT2D eigenvalue weighted by atomic mass is 10.1. The van der Waals surface area contributed by atoms with Crippen molar-refractivity contribution in [3.8, 4) is 17.0 Å². The van der Waals surface area contributed by atoms with Crippen LogP contribution < -0.4 is 10.7 Å². The van der Waals surface area contributed by atoms with Crippen molar-refractivity contribution in [2.75, 3.05) is 0 Å². The molecule has 0 unspecified atom stereocenters. The molecule has 0 spiro atoms. The maximum atomic E-state index is 12.3. The van der Waals surface area contributed by atoms with E-state index in [1.807, 2.05) is 6.07 Å². The van der Waals surface area contributed by atoms with Gasteiger partial charge in [0.1, 0.15) is 5.65 Å². The number of hydrogen-bond donors (Lipinski definition) is 0. The van der Waals surface area contributed by atoms with Crippen LogP contribution in [0, 0.1) is 0 Å². The Morgan fingerprint density at radius 1 is 1.00 bits per heavy atom. The van der Waals surface area contributed by atoms with Gasteiger partial charge in [0.2, 0.25) is 0 Å². The summed E-state index contributed by atoms with van der Waals surface area (Å²) >= 11 is 0. The molecule has 1 aromatic carbocycles. The molecular weight excluding hydrogens is 228 g/mol. The van der Waals surface area contributed by atoms with Gasteiger partial charge in [-0.1, -0.05) is 36.4 Å². The van der Waals surface area contributed by atoms with Gasteiger partial charge in [-0.2, -0.15) is 0 Å². The largest absolute Gasteiger partial charge is 0.858 e. The zero-order valence-electron chi connectivity index (χ0n) is 9.41. The van der Waals surface area contributed by atoms with E-state index in [0.717, 1.165) is 0 Å². The van der Waals surface area contributed by atoms with Gasteiger partial charge >= 0.3 is 0 Å². The molecule has 4 heteroatoms. The minimum atomic E-state index is -0.489. The molecule has 0 aliphatic heterocycles. The summed E-state index contributed by atoms with van der Waals surface area (Å²) < 4.78 is 1.38. The molecule has 0 bridgehead atoms. The summed E-state index contributed by atoms with van der Waals surface area (Å²) in [4.78, 5) is 16.2. The normalized spacial score (nSPS) is 10.7. The Bertz CT molecular complexity index is 764. The van der Waals surface area contributed by atoms with E-state index in [-0.39, 0.29) is 11.1 Å². The zero-order valence-corrected chi connectivity index (χ0v) is 9.41. The van der Waals surface area contributed by atoms with E-state index < -0.39 is 5.88 Å². The number of benzene rings is 1. The van der Waals surface area contributed by atoms with Crippen LogP contribution in [0.15, 0.2) is 59.5 Å². The van der Waals surface area contributed by atoms with Gasteiger partial charge in [-0.3, -0.25) is 9.20 Å². The fourth-order valence-corrected chi connectivity index (χ4v) is 1.92. The van der Waals surface area contributed by atoms with Crippen LogP contribution in [0.4, 0.5) is 0 Å². The molecule has 0 aliphatic rings. The van der Waals surface area contributed by atoms with Gasteiger partial charge < -0.3 is 5.11 Å². The Labute approximate surface area is 103 Å². The molecule has 0 saturated carbocycles. The van der Waals surface area contributed by atoms with Crippen LogP contribution in [0.5, 0.6) is 5.88 Å². The lowest BCUT2D eigenvalue weighted by Gasteiger charge is -2.13. The van der Waals surface area contributed by atoms with Crippen LogP contribution in [-0.4, -0.2) is 9.38 Å². The second-order valence-corrected chi connectivity index (χ2v) is 3.89. The van der Waals surface area contributed by atoms with Crippen LogP contribution in [0.1, 0.15) is 0 Å². The van der Waals surface area contributed by atoms with Crippen LogP contribution in [0.2, 0.25) is 0 Å². The summed E-state index contributed by atoms with van der Waals surface area (Å²) in [6.45, 7) is 0. The summed E-state index contributed by atoms with van der Waals surface area (Å²) in [6, 6.07) is 14.0. The van der Waals surface area contributed by atoms with Crippen LogP contribution >= 0.6 is 0 Å². The van der Waals surface area contributed by atoms with Crippen molar-refractivity contribution in [3.05, 3.63) is 65.1 Å². The molecule has 0 aliphatic carbocycles. The molecule has 3 rings (SSSR count). The van der Waals surface area contributed by atoms with E-state index in [2.05, 4.69) is 4.98 Å². The van der Waals surface area contributed by atoms with Gasteiger partial charge in [0.25, 0.3) is 5.56 Å². The van der Waals surface area contributed by atoms with Gasteiger partial charge in [-0.25, -0.2) is 4.98 Å². The summed E-state index contributed by atoms with van der Waals surface area (Å²) in [5.74, 6) is -0.489. The molecule has 18 heavy (non-hydrogen) atoms. The van der Waals surface area contributed by atoms with E-state index in [4.69, 9.17) is 0 Å². The van der Waals surface area contributed by atoms with Crippen molar-refractivity contribution in [1.82, 2.24) is 9.38 Å². The third-order valence-electron chi connectivity index (χ3n) is 2.76. The second kappa shape index (κ2) is 4.00. The average molecular weight is 237 g/mol. The summed E-state index contributed by atoms with van der Waals surface area (Å²) in [5, 5.41) is 11.9. The smallest absolute Gasteiger partial charge is 0.265 e. The van der Waals surface area contributed by atoms with Gasteiger partial charge in [0.15, 0.2) is 0 Å². The van der Waals surface area contributed by atoms with E-state index in [9.17, 15) is 9.90 Å².